The zero-order valence-corrected chi connectivity index (χ0v) is 10.5. The van der Waals surface area contributed by atoms with Crippen LogP contribution in [0, 0.1) is 6.92 Å². The highest BCUT2D eigenvalue weighted by molar-refractivity contribution is 5.53. The van der Waals surface area contributed by atoms with Gasteiger partial charge in [0.2, 0.25) is 0 Å². The van der Waals surface area contributed by atoms with E-state index in [2.05, 4.69) is 28.5 Å². The summed E-state index contributed by atoms with van der Waals surface area (Å²) in [7, 11) is 0. The Hall–Kier alpha value is -2.03. The van der Waals surface area contributed by atoms with Gasteiger partial charge in [-0.2, -0.15) is 0 Å². The van der Waals surface area contributed by atoms with E-state index in [1.165, 1.54) is 11.1 Å². The van der Waals surface area contributed by atoms with Gasteiger partial charge < -0.3 is 11.1 Å². The van der Waals surface area contributed by atoms with Crippen LogP contribution in [0.2, 0.25) is 0 Å². The fourth-order valence-corrected chi connectivity index (χ4v) is 2.61. The van der Waals surface area contributed by atoms with Gasteiger partial charge in [0, 0.05) is 11.9 Å². The van der Waals surface area contributed by atoms with Gasteiger partial charge in [-0.1, -0.05) is 6.07 Å². The van der Waals surface area contributed by atoms with Gasteiger partial charge in [-0.05, 0) is 55.2 Å². The number of hydrogen-bond donors (Lipinski definition) is 2. The van der Waals surface area contributed by atoms with E-state index in [0.29, 0.717) is 6.04 Å². The van der Waals surface area contributed by atoms with Crippen molar-refractivity contribution < 1.29 is 0 Å². The van der Waals surface area contributed by atoms with Gasteiger partial charge in [0.15, 0.2) is 0 Å². The zero-order valence-electron chi connectivity index (χ0n) is 10.5. The predicted molar refractivity (Wildman–Crippen MR) is 74.5 cm³/mol. The third-order valence-corrected chi connectivity index (χ3v) is 3.58. The molecular formula is C15H17N3. The lowest BCUT2D eigenvalue weighted by atomic mass is 10.1. The monoisotopic (exact) mass is 239 g/mol. The summed E-state index contributed by atoms with van der Waals surface area (Å²) < 4.78 is 0. The molecule has 1 aromatic heterocycles. The molecule has 3 N–H and O–H groups in total. The molecule has 1 aromatic carbocycles. The second kappa shape index (κ2) is 4.33. The molecule has 1 heterocycles. The van der Waals surface area contributed by atoms with E-state index < -0.39 is 0 Å². The quantitative estimate of drug-likeness (QED) is 0.792. The van der Waals surface area contributed by atoms with E-state index in [1.807, 2.05) is 25.3 Å². The first-order valence-corrected chi connectivity index (χ1v) is 6.30. The lowest BCUT2D eigenvalue weighted by molar-refractivity contribution is 0.760. The normalized spacial score (nSPS) is 17.5. The summed E-state index contributed by atoms with van der Waals surface area (Å²) >= 11 is 0. The first-order valence-electron chi connectivity index (χ1n) is 6.30. The van der Waals surface area contributed by atoms with Crippen LogP contribution < -0.4 is 11.1 Å². The second-order valence-electron chi connectivity index (χ2n) is 4.83. The molecule has 0 amide bonds. The Kier molecular flexibility index (Phi) is 2.67. The zero-order chi connectivity index (χ0) is 12.5. The fourth-order valence-electron chi connectivity index (χ4n) is 2.61. The molecule has 1 unspecified atom stereocenters. The molecule has 18 heavy (non-hydrogen) atoms. The van der Waals surface area contributed by atoms with Gasteiger partial charge >= 0.3 is 0 Å². The maximum Gasteiger partial charge on any atom is 0.0603 e. The lowest BCUT2D eigenvalue weighted by Gasteiger charge is -2.16. The number of pyridine rings is 1. The van der Waals surface area contributed by atoms with Crippen molar-refractivity contribution in [3.63, 3.8) is 0 Å². The first kappa shape index (κ1) is 11.1. The number of nitrogens with one attached hydrogen (secondary N) is 1. The fraction of sp³-hybridized carbons (Fsp3) is 0.267. The van der Waals surface area contributed by atoms with E-state index in [-0.39, 0.29) is 0 Å². The first-order chi connectivity index (χ1) is 8.74. The standard InChI is InChI=1S/C15H17N3/c1-10-14(3-2-8-17-10)18-15-7-4-11-9-12(16)5-6-13(11)15/h2-3,5-6,8-9,15,18H,4,7,16H2,1H3. The molecule has 1 aliphatic carbocycles. The van der Waals surface area contributed by atoms with Crippen molar-refractivity contribution in [2.75, 3.05) is 11.1 Å². The van der Waals surface area contributed by atoms with Crippen molar-refractivity contribution >= 4 is 11.4 Å². The summed E-state index contributed by atoms with van der Waals surface area (Å²) in [5.74, 6) is 0. The largest absolute Gasteiger partial charge is 0.399 e. The molecule has 1 atom stereocenters. The molecule has 3 heteroatoms. The lowest BCUT2D eigenvalue weighted by Crippen LogP contribution is -2.08. The van der Waals surface area contributed by atoms with Crippen molar-refractivity contribution in [1.29, 1.82) is 0 Å². The molecule has 3 rings (SSSR count). The van der Waals surface area contributed by atoms with Gasteiger partial charge in [-0.15, -0.1) is 0 Å². The number of nitrogens with two attached hydrogens (primary N) is 1. The number of aryl methyl sites for hydroxylation is 2. The smallest absolute Gasteiger partial charge is 0.0603 e. The van der Waals surface area contributed by atoms with E-state index in [4.69, 9.17) is 5.73 Å². The SMILES string of the molecule is Cc1ncccc1NC1CCc2cc(N)ccc21. The Morgan fingerprint density at radius 2 is 2.22 bits per heavy atom. The Labute approximate surface area is 107 Å². The number of fused-ring (bicyclic) bond motifs is 1. The molecule has 0 saturated heterocycles. The van der Waals surface area contributed by atoms with Crippen molar-refractivity contribution in [1.82, 2.24) is 4.98 Å². The Morgan fingerprint density at radius 1 is 1.33 bits per heavy atom. The van der Waals surface area contributed by atoms with Crippen LogP contribution in [-0.4, -0.2) is 4.98 Å². The molecule has 92 valence electrons. The summed E-state index contributed by atoms with van der Waals surface area (Å²) in [5.41, 5.74) is 11.6. The molecular weight excluding hydrogens is 222 g/mol. The molecule has 1 aliphatic rings. The third-order valence-electron chi connectivity index (χ3n) is 3.58. The molecule has 0 fully saturated rings. The molecule has 2 aromatic rings. The average Bonchev–Trinajstić information content (AvgIpc) is 2.74. The molecule has 0 spiro atoms. The van der Waals surface area contributed by atoms with Crippen molar-refractivity contribution in [3.05, 3.63) is 53.3 Å². The number of aromatic nitrogens is 1. The predicted octanol–water partition coefficient (Wildman–Crippen LogP) is 3.07. The van der Waals surface area contributed by atoms with E-state index in [9.17, 15) is 0 Å². The maximum absolute atomic E-state index is 5.82. The van der Waals surface area contributed by atoms with Crippen LogP contribution in [0.25, 0.3) is 0 Å². The topological polar surface area (TPSA) is 50.9 Å². The number of benzene rings is 1. The highest BCUT2D eigenvalue weighted by Gasteiger charge is 2.22. The minimum atomic E-state index is 0.378. The van der Waals surface area contributed by atoms with Crippen molar-refractivity contribution in [2.24, 2.45) is 0 Å². The van der Waals surface area contributed by atoms with Crippen LogP contribution in [0.5, 0.6) is 0 Å². The summed E-state index contributed by atoms with van der Waals surface area (Å²) in [6.07, 6.45) is 4.04. The van der Waals surface area contributed by atoms with Crippen LogP contribution in [0.1, 0.15) is 29.3 Å². The van der Waals surface area contributed by atoms with Crippen molar-refractivity contribution in [3.8, 4) is 0 Å². The van der Waals surface area contributed by atoms with Crippen LogP contribution in [0.3, 0.4) is 0 Å². The summed E-state index contributed by atoms with van der Waals surface area (Å²) in [6, 6.07) is 10.6. The third kappa shape index (κ3) is 1.92. The number of nitrogen functional groups attached to an aromatic ring is 1. The van der Waals surface area contributed by atoms with Gasteiger partial charge in [0.25, 0.3) is 0 Å². The Bertz CT molecular complexity index is 578. The number of rotatable bonds is 2. The van der Waals surface area contributed by atoms with Gasteiger partial charge in [-0.25, -0.2) is 0 Å². The van der Waals surface area contributed by atoms with E-state index in [0.717, 1.165) is 29.9 Å². The van der Waals surface area contributed by atoms with E-state index >= 15 is 0 Å². The molecule has 0 radical (unpaired) electrons. The van der Waals surface area contributed by atoms with Gasteiger partial charge in [0.1, 0.15) is 0 Å². The van der Waals surface area contributed by atoms with Crippen LogP contribution in [-0.2, 0) is 6.42 Å². The number of nitrogens with zero attached hydrogens (tertiary/aromatic N) is 1. The number of anilines is 2. The van der Waals surface area contributed by atoms with Gasteiger partial charge in [-0.3, -0.25) is 4.98 Å². The minimum absolute atomic E-state index is 0.378. The molecule has 0 aliphatic heterocycles. The average molecular weight is 239 g/mol. The Balaban J connectivity index is 1.87. The summed E-state index contributed by atoms with van der Waals surface area (Å²) in [6.45, 7) is 2.03. The highest BCUT2D eigenvalue weighted by Crippen LogP contribution is 2.35. The van der Waals surface area contributed by atoms with E-state index in [1.54, 1.807) is 0 Å². The van der Waals surface area contributed by atoms with Crippen molar-refractivity contribution in [2.45, 2.75) is 25.8 Å². The molecule has 0 bridgehead atoms. The van der Waals surface area contributed by atoms with Gasteiger partial charge in [0.05, 0.1) is 17.4 Å². The molecule has 0 saturated carbocycles. The van der Waals surface area contributed by atoms with Crippen LogP contribution >= 0.6 is 0 Å². The van der Waals surface area contributed by atoms with Crippen LogP contribution in [0.15, 0.2) is 36.5 Å². The van der Waals surface area contributed by atoms with Crippen LogP contribution in [0.4, 0.5) is 11.4 Å². The number of hydrogen-bond acceptors (Lipinski definition) is 3. The highest BCUT2D eigenvalue weighted by atomic mass is 14.9. The second-order valence-corrected chi connectivity index (χ2v) is 4.83. The summed E-state index contributed by atoms with van der Waals surface area (Å²) in [5, 5.41) is 3.58. The molecule has 3 nitrogen and oxygen atoms in total. The Morgan fingerprint density at radius 3 is 3.06 bits per heavy atom. The maximum atomic E-state index is 5.82. The summed E-state index contributed by atoms with van der Waals surface area (Å²) in [4.78, 5) is 4.31. The minimum Gasteiger partial charge on any atom is -0.399 e.